The summed E-state index contributed by atoms with van der Waals surface area (Å²) in [6, 6.07) is -4.40. The van der Waals surface area contributed by atoms with Crippen LogP contribution in [0.5, 0.6) is 0 Å². The molecule has 0 aromatic rings. The molecule has 5 N–H and O–H groups in total. The van der Waals surface area contributed by atoms with E-state index in [2.05, 4.69) is 21.3 Å². The zero-order valence-corrected chi connectivity index (χ0v) is 30.8. The van der Waals surface area contributed by atoms with Gasteiger partial charge < -0.3 is 36.0 Å². The third-order valence-corrected chi connectivity index (χ3v) is 10.7. The number of Topliss-reactive ketones (excluding diaryl/α,β-unsaturated/α-hetero) is 1. The molecule has 5 amide bonds. The molecule has 1 aliphatic heterocycles. The van der Waals surface area contributed by atoms with Crippen molar-refractivity contribution in [3.05, 3.63) is 23.8 Å². The number of carboxylic acid groups (broad SMARTS) is 1. The minimum Gasteiger partial charge on any atom is -0.479 e. The van der Waals surface area contributed by atoms with Crippen molar-refractivity contribution in [2.75, 3.05) is 13.2 Å². The van der Waals surface area contributed by atoms with Gasteiger partial charge in [-0.3, -0.25) is 24.0 Å². The lowest BCUT2D eigenvalue weighted by atomic mass is 9.82. The number of carboxylic acids is 1. The summed E-state index contributed by atoms with van der Waals surface area (Å²) < 4.78 is 5.41. The Kier molecular flexibility index (Phi) is 15.3. The molecule has 0 radical (unpaired) electrons. The number of carbonyl (C=O) groups is 7. The molecule has 1 saturated heterocycles. The quantitative estimate of drug-likeness (QED) is 0.148. The molecule has 0 bridgehead atoms. The fraction of sp³-hybridized carbons (Fsp3) is 0.711. The Labute approximate surface area is 306 Å². The van der Waals surface area contributed by atoms with Gasteiger partial charge in [0.1, 0.15) is 18.1 Å². The number of alkyl carbamates (subject to hydrolysis) is 1. The maximum Gasteiger partial charge on any atom is 0.407 e. The van der Waals surface area contributed by atoms with Crippen molar-refractivity contribution in [1.82, 2.24) is 26.2 Å². The summed E-state index contributed by atoms with van der Waals surface area (Å²) in [7, 11) is 0. The Morgan fingerprint density at radius 3 is 2.31 bits per heavy atom. The molecule has 3 fully saturated rings. The van der Waals surface area contributed by atoms with E-state index in [1.54, 1.807) is 24.0 Å². The van der Waals surface area contributed by atoms with E-state index >= 15 is 0 Å². The predicted molar refractivity (Wildman–Crippen MR) is 192 cm³/mol. The highest BCUT2D eigenvalue weighted by Crippen LogP contribution is 2.41. The molecular formula is C38H57N5O9. The van der Waals surface area contributed by atoms with Gasteiger partial charge in [-0.15, -0.1) is 0 Å². The Hall–Kier alpha value is -4.23. The van der Waals surface area contributed by atoms with Crippen LogP contribution in [0.2, 0.25) is 0 Å². The molecule has 3 unspecified atom stereocenters. The highest BCUT2D eigenvalue weighted by molar-refractivity contribution is 6.38. The lowest BCUT2D eigenvalue weighted by Crippen LogP contribution is -2.60. The van der Waals surface area contributed by atoms with Gasteiger partial charge in [-0.2, -0.15) is 0 Å². The third kappa shape index (κ3) is 10.9. The second-order valence-electron chi connectivity index (χ2n) is 15.1. The molecule has 4 rings (SSSR count). The summed E-state index contributed by atoms with van der Waals surface area (Å²) >= 11 is 0. The largest absolute Gasteiger partial charge is 0.479 e. The van der Waals surface area contributed by atoms with Crippen LogP contribution < -0.4 is 21.3 Å². The van der Waals surface area contributed by atoms with Crippen molar-refractivity contribution >= 4 is 41.5 Å². The molecule has 14 nitrogen and oxygen atoms in total. The Balaban J connectivity index is 1.45. The van der Waals surface area contributed by atoms with E-state index in [4.69, 9.17) is 4.74 Å². The van der Waals surface area contributed by atoms with Gasteiger partial charge in [0.05, 0.1) is 19.2 Å². The molecule has 52 heavy (non-hydrogen) atoms. The summed E-state index contributed by atoms with van der Waals surface area (Å²) in [5, 5.41) is 19.9. The van der Waals surface area contributed by atoms with Crippen LogP contribution in [0, 0.1) is 17.8 Å². The van der Waals surface area contributed by atoms with Crippen LogP contribution >= 0.6 is 0 Å². The summed E-state index contributed by atoms with van der Waals surface area (Å²) in [5.74, 6) is -4.80. The van der Waals surface area contributed by atoms with E-state index < -0.39 is 66.3 Å². The Bertz CT molecular complexity index is 1390. The van der Waals surface area contributed by atoms with E-state index in [9.17, 15) is 38.7 Å². The molecular weight excluding hydrogens is 670 g/mol. The molecule has 0 aromatic carbocycles. The number of ketones is 1. The number of carbonyl (C=O) groups excluding carboxylic acids is 6. The van der Waals surface area contributed by atoms with E-state index in [-0.39, 0.29) is 42.7 Å². The highest BCUT2D eigenvalue weighted by atomic mass is 16.5. The van der Waals surface area contributed by atoms with Crippen molar-refractivity contribution in [3.8, 4) is 0 Å². The molecule has 1 heterocycles. The van der Waals surface area contributed by atoms with Crippen LogP contribution in [0.3, 0.4) is 0 Å². The fourth-order valence-electron chi connectivity index (χ4n) is 8.05. The number of nitrogens with one attached hydrogen (secondary N) is 4. The number of hydrogen-bond donors (Lipinski definition) is 5. The van der Waals surface area contributed by atoms with E-state index in [1.807, 2.05) is 19.9 Å². The number of rotatable bonds is 16. The number of fused-ring (bicyclic) bond motifs is 1. The smallest absolute Gasteiger partial charge is 0.407 e. The van der Waals surface area contributed by atoms with Crippen LogP contribution in [-0.4, -0.2) is 94.8 Å². The Morgan fingerprint density at radius 2 is 1.65 bits per heavy atom. The van der Waals surface area contributed by atoms with Gasteiger partial charge in [0.2, 0.25) is 23.5 Å². The van der Waals surface area contributed by atoms with Crippen molar-refractivity contribution in [1.29, 1.82) is 0 Å². The SMILES string of the molecule is CCCC(NC(=O)[C@@H]1C[C@@H]2CCCC[C@@H]2N1C(=O)C(NC(=O)OCC(C)C)C1CCCCC1)C(=O)C(=O)NCC(=O)NC(C(=O)O)C1=CC=CCC1. The first-order valence-electron chi connectivity index (χ1n) is 19.2. The van der Waals surface area contributed by atoms with Gasteiger partial charge in [0, 0.05) is 6.04 Å². The zero-order chi connectivity index (χ0) is 37.8. The predicted octanol–water partition coefficient (Wildman–Crippen LogP) is 3.29. The summed E-state index contributed by atoms with van der Waals surface area (Å²) in [4.78, 5) is 94.0. The molecule has 4 aliphatic rings. The molecule has 14 heteroatoms. The molecule has 288 valence electrons. The van der Waals surface area contributed by atoms with Crippen molar-refractivity contribution < 1.29 is 43.4 Å². The monoisotopic (exact) mass is 727 g/mol. The lowest BCUT2D eigenvalue weighted by Gasteiger charge is -2.39. The second kappa shape index (κ2) is 19.6. The maximum absolute atomic E-state index is 14.6. The molecule has 3 aliphatic carbocycles. The normalized spacial score (nSPS) is 23.3. The number of aliphatic carboxylic acids is 1. The van der Waals surface area contributed by atoms with Crippen molar-refractivity contribution in [3.63, 3.8) is 0 Å². The van der Waals surface area contributed by atoms with Crippen LogP contribution in [0.1, 0.15) is 111 Å². The topological polar surface area (TPSA) is 200 Å². The van der Waals surface area contributed by atoms with Crippen LogP contribution in [-0.2, 0) is 33.5 Å². The first-order chi connectivity index (χ1) is 24.9. The van der Waals surface area contributed by atoms with Crippen LogP contribution in [0.25, 0.3) is 0 Å². The summed E-state index contributed by atoms with van der Waals surface area (Å²) in [6.45, 7) is 5.23. The number of nitrogens with zero attached hydrogens (tertiary/aromatic N) is 1. The number of likely N-dealkylation sites (tertiary alicyclic amines) is 1. The van der Waals surface area contributed by atoms with Crippen LogP contribution in [0.15, 0.2) is 23.8 Å². The number of ether oxygens (including phenoxy) is 1. The third-order valence-electron chi connectivity index (χ3n) is 10.7. The lowest BCUT2D eigenvalue weighted by molar-refractivity contribution is -0.145. The second-order valence-corrected chi connectivity index (χ2v) is 15.1. The van der Waals surface area contributed by atoms with Crippen molar-refractivity contribution in [2.45, 2.75) is 141 Å². The van der Waals surface area contributed by atoms with E-state index in [1.165, 1.54) is 0 Å². The molecule has 0 spiro atoms. The van der Waals surface area contributed by atoms with Gasteiger partial charge in [-0.25, -0.2) is 9.59 Å². The summed E-state index contributed by atoms with van der Waals surface area (Å²) in [5.41, 5.74) is 0.516. The molecule has 2 saturated carbocycles. The molecule has 0 aromatic heterocycles. The van der Waals surface area contributed by atoms with Gasteiger partial charge in [-0.05, 0) is 74.7 Å². The van der Waals surface area contributed by atoms with Crippen LogP contribution in [0.4, 0.5) is 4.79 Å². The van der Waals surface area contributed by atoms with Gasteiger partial charge >= 0.3 is 12.1 Å². The Morgan fingerprint density at radius 1 is 0.942 bits per heavy atom. The fourth-order valence-corrected chi connectivity index (χ4v) is 8.05. The van der Waals surface area contributed by atoms with Gasteiger partial charge in [-0.1, -0.05) is 77.5 Å². The standard InChI is InChI=1S/C38H57N5O9/c1-4-13-27(33(45)35(47)39-21-30(44)41-32(37(49)50)25-16-9-6-10-17-25)40-34(46)29-20-26-18-11-12-19-28(26)43(29)36(48)31(24-14-7-5-8-15-24)42-38(51)52-22-23(2)3/h6,9,16,23-24,26-29,31-32H,4-5,7-8,10-15,17-22H2,1-3H3,(H,39,47)(H,40,46)(H,41,44)(H,42,51)(H,49,50)/t26-,27?,28-,29-,31?,32?/m0/s1. The highest BCUT2D eigenvalue weighted by Gasteiger charge is 2.50. The average molecular weight is 728 g/mol. The maximum atomic E-state index is 14.6. The summed E-state index contributed by atoms with van der Waals surface area (Å²) in [6.07, 6.45) is 14.6. The zero-order valence-electron chi connectivity index (χ0n) is 30.8. The minimum absolute atomic E-state index is 0.0884. The van der Waals surface area contributed by atoms with E-state index in [0.29, 0.717) is 31.3 Å². The average Bonchev–Trinajstić information content (AvgIpc) is 3.54. The molecule has 6 atom stereocenters. The first kappa shape index (κ1) is 40.5. The number of allylic oxidation sites excluding steroid dienone is 3. The number of amides is 5. The minimum atomic E-state index is -1.27. The van der Waals surface area contributed by atoms with Gasteiger partial charge in [0.25, 0.3) is 5.91 Å². The van der Waals surface area contributed by atoms with Crippen molar-refractivity contribution in [2.24, 2.45) is 17.8 Å². The first-order valence-corrected chi connectivity index (χ1v) is 19.2. The number of hydrogen-bond acceptors (Lipinski definition) is 8. The van der Waals surface area contributed by atoms with E-state index in [0.717, 1.165) is 57.8 Å². The van der Waals surface area contributed by atoms with Gasteiger partial charge in [0.15, 0.2) is 0 Å².